The zero-order valence-electron chi connectivity index (χ0n) is 31.7. The highest BCUT2D eigenvalue weighted by atomic mass is 31.1. The summed E-state index contributed by atoms with van der Waals surface area (Å²) in [6.07, 6.45) is 0.843. The molecule has 12 nitrogen and oxygen atoms in total. The van der Waals surface area contributed by atoms with E-state index in [1.165, 1.54) is 0 Å². The van der Waals surface area contributed by atoms with Gasteiger partial charge in [-0.05, 0) is 40.5 Å². The second kappa shape index (κ2) is 25.3. The minimum Gasteiger partial charge on any atom is -0.257 e. The van der Waals surface area contributed by atoms with Crippen LogP contribution in [0.4, 0.5) is 0 Å². The van der Waals surface area contributed by atoms with Crippen LogP contribution in [0.25, 0.3) is 0 Å². The minimum absolute atomic E-state index is 0.211. The van der Waals surface area contributed by atoms with Crippen LogP contribution < -0.4 is 0 Å². The summed E-state index contributed by atoms with van der Waals surface area (Å²) in [5.74, 6) is 0. The number of rotatable bonds is 20. The Labute approximate surface area is 334 Å². The van der Waals surface area contributed by atoms with Gasteiger partial charge in [-0.25, -0.2) is 0 Å². The van der Waals surface area contributed by atoms with Crippen molar-refractivity contribution in [1.82, 2.24) is 19.6 Å². The molecule has 4 aromatic rings. The van der Waals surface area contributed by atoms with Crippen molar-refractivity contribution in [1.29, 1.82) is 0 Å². The van der Waals surface area contributed by atoms with Crippen molar-refractivity contribution in [3.8, 4) is 0 Å². The fourth-order valence-electron chi connectivity index (χ4n) is 5.84. The molecule has 0 aliphatic carbocycles. The number of hydrogen-bond donors (Lipinski definition) is 0. The van der Waals surface area contributed by atoms with Crippen LogP contribution in [0.3, 0.4) is 0 Å². The predicted octanol–water partition coefficient (Wildman–Crippen LogP) is 8.87. The summed E-state index contributed by atoms with van der Waals surface area (Å²) in [5, 5.41) is 0. The van der Waals surface area contributed by atoms with E-state index in [9.17, 15) is 18.3 Å². The van der Waals surface area contributed by atoms with E-state index in [0.717, 1.165) is 22.3 Å². The summed E-state index contributed by atoms with van der Waals surface area (Å²) in [4.78, 5) is 8.36. The van der Waals surface area contributed by atoms with E-state index in [1.807, 2.05) is 121 Å². The first-order valence-electron chi connectivity index (χ1n) is 18.7. The van der Waals surface area contributed by atoms with Crippen LogP contribution in [-0.4, -0.2) is 97.1 Å². The molecule has 1 fully saturated rings. The van der Waals surface area contributed by atoms with Crippen molar-refractivity contribution < 1.29 is 36.4 Å². The lowest BCUT2D eigenvalue weighted by Gasteiger charge is -2.29. The van der Waals surface area contributed by atoms with Gasteiger partial charge in [-0.15, -0.1) is 18.1 Å². The molecule has 16 heteroatoms. The van der Waals surface area contributed by atoms with Crippen molar-refractivity contribution in [3.05, 3.63) is 144 Å². The van der Waals surface area contributed by atoms with Crippen molar-refractivity contribution >= 4 is 32.1 Å². The molecular weight excluding hydrogens is 788 g/mol. The minimum atomic E-state index is -2.02. The first-order valence-corrected chi connectivity index (χ1v) is 24.2. The Morgan fingerprint density at radius 1 is 0.321 bits per heavy atom. The lowest BCUT2D eigenvalue weighted by Crippen LogP contribution is -2.45. The highest BCUT2D eigenvalue weighted by Crippen LogP contribution is 2.30. The van der Waals surface area contributed by atoms with Gasteiger partial charge in [0.1, 0.15) is 26.4 Å². The highest BCUT2D eigenvalue weighted by molar-refractivity contribution is 7.39. The Kier molecular flexibility index (Phi) is 19.9. The Bertz CT molecular complexity index is 1510. The van der Waals surface area contributed by atoms with Gasteiger partial charge in [0, 0.05) is 52.4 Å². The quantitative estimate of drug-likeness (QED) is 0.0792. The molecular formula is C40H52N4O8P4+4. The van der Waals surface area contributed by atoms with Gasteiger partial charge >= 0.3 is 32.1 Å². The zero-order chi connectivity index (χ0) is 39.2. The molecule has 4 unspecified atom stereocenters. The van der Waals surface area contributed by atoms with Gasteiger partial charge in [-0.1, -0.05) is 121 Å². The van der Waals surface area contributed by atoms with Gasteiger partial charge in [-0.2, -0.15) is 0 Å². The van der Waals surface area contributed by atoms with Gasteiger partial charge in [0.2, 0.25) is 25.1 Å². The van der Waals surface area contributed by atoms with Crippen molar-refractivity contribution in [2.45, 2.75) is 26.4 Å². The highest BCUT2D eigenvalue weighted by Gasteiger charge is 2.32. The number of nitrogens with zero attached hydrogens (tertiary/aromatic N) is 4. The molecule has 1 aliphatic heterocycles. The summed E-state index contributed by atoms with van der Waals surface area (Å²) < 4.78 is 76.3. The summed E-state index contributed by atoms with van der Waals surface area (Å²) in [6, 6.07) is 38.6. The molecule has 0 amide bonds. The Morgan fingerprint density at radius 3 is 0.679 bits per heavy atom. The average molecular weight is 841 g/mol. The largest absolute Gasteiger partial charge is 0.524 e. The van der Waals surface area contributed by atoms with Gasteiger partial charge in [0.05, 0.1) is 0 Å². The van der Waals surface area contributed by atoms with E-state index in [0.29, 0.717) is 52.4 Å². The smallest absolute Gasteiger partial charge is 0.257 e. The number of hydrogen-bond acceptors (Lipinski definition) is 12. The topological polar surface area (TPSA) is 118 Å². The van der Waals surface area contributed by atoms with Crippen LogP contribution in [0, 0.1) is 0 Å². The third-order valence-corrected chi connectivity index (χ3v) is 13.3. The molecule has 5 rings (SSSR count). The van der Waals surface area contributed by atoms with Gasteiger partial charge in [0.25, 0.3) is 0 Å². The van der Waals surface area contributed by atoms with Crippen LogP contribution in [0.5, 0.6) is 0 Å². The van der Waals surface area contributed by atoms with E-state index >= 15 is 0 Å². The molecule has 296 valence electrons. The lowest BCUT2D eigenvalue weighted by atomic mass is 10.2. The Morgan fingerprint density at radius 2 is 0.500 bits per heavy atom. The van der Waals surface area contributed by atoms with Crippen LogP contribution in [0.1, 0.15) is 22.3 Å². The predicted molar refractivity (Wildman–Crippen MR) is 221 cm³/mol. The van der Waals surface area contributed by atoms with E-state index < -0.39 is 32.1 Å². The summed E-state index contributed by atoms with van der Waals surface area (Å²) in [6.45, 7) is 5.17. The average Bonchev–Trinajstić information content (AvgIpc) is 3.23. The van der Waals surface area contributed by atoms with Crippen LogP contribution in [-0.2, 0) is 62.8 Å². The maximum Gasteiger partial charge on any atom is 0.524 e. The zero-order valence-corrected chi connectivity index (χ0v) is 35.3. The molecule has 0 radical (unpaired) electrons. The second-order valence-corrected chi connectivity index (χ2v) is 18.2. The summed E-state index contributed by atoms with van der Waals surface area (Å²) in [7, 11) is -8.07. The van der Waals surface area contributed by atoms with Gasteiger partial charge in [0.15, 0.2) is 0 Å². The van der Waals surface area contributed by atoms with E-state index in [4.69, 9.17) is 18.1 Å². The van der Waals surface area contributed by atoms with Crippen LogP contribution >= 0.6 is 32.1 Å². The van der Waals surface area contributed by atoms with Crippen molar-refractivity contribution in [2.24, 2.45) is 0 Å². The molecule has 4 aromatic carbocycles. The maximum absolute atomic E-state index is 13.3. The lowest BCUT2D eigenvalue weighted by molar-refractivity contribution is 0.156. The van der Waals surface area contributed by atoms with E-state index in [2.05, 4.69) is 19.6 Å². The maximum atomic E-state index is 13.3. The molecule has 1 heterocycles. The van der Waals surface area contributed by atoms with Crippen LogP contribution in [0.15, 0.2) is 121 Å². The molecule has 56 heavy (non-hydrogen) atoms. The van der Waals surface area contributed by atoms with Gasteiger partial charge < -0.3 is 0 Å². The van der Waals surface area contributed by atoms with Crippen molar-refractivity contribution in [2.75, 3.05) is 77.5 Å². The van der Waals surface area contributed by atoms with E-state index in [1.54, 1.807) is 0 Å². The standard InChI is InChI=1S/C40H52N4O8P4/c45-53(49-29-37-13-5-1-6-14-37)33-41-21-23-42(34-54(46)50-30-38-15-7-2-8-16-38)25-27-44(36-56(48)52-32-40-19-11-4-12-20-40)28-26-43(24-22-41)35-55(47)51-31-39-17-9-3-10-18-39/h1-20H,21-36H2/q+4. The van der Waals surface area contributed by atoms with Crippen LogP contribution in [0.2, 0.25) is 0 Å². The van der Waals surface area contributed by atoms with Crippen molar-refractivity contribution in [3.63, 3.8) is 0 Å². The summed E-state index contributed by atoms with van der Waals surface area (Å²) in [5.41, 5.74) is 3.77. The normalized spacial score (nSPS) is 16.7. The molecule has 1 aliphatic rings. The fourth-order valence-corrected chi connectivity index (χ4v) is 9.78. The fraction of sp³-hybridized carbons (Fsp3) is 0.400. The third kappa shape index (κ3) is 17.6. The van der Waals surface area contributed by atoms with Gasteiger partial charge in [-0.3, -0.25) is 19.6 Å². The number of benzene rings is 4. The Hall–Kier alpha value is -3.04. The second-order valence-electron chi connectivity index (χ2n) is 13.4. The molecule has 0 spiro atoms. The first-order chi connectivity index (χ1) is 27.4. The Balaban J connectivity index is 1.26. The summed E-state index contributed by atoms with van der Waals surface area (Å²) >= 11 is 0. The monoisotopic (exact) mass is 840 g/mol. The molecule has 0 saturated carbocycles. The third-order valence-electron chi connectivity index (χ3n) is 9.06. The first kappa shape index (κ1) is 44.1. The SMILES string of the molecule is O=[P+](CN1CCN(C[P+](=O)OCc2ccccc2)CCN(C[P+](=O)OCc2ccccc2)CCN(C[P+](=O)OCc2ccccc2)CC1)OCc1ccccc1. The molecule has 0 aromatic heterocycles. The van der Waals surface area contributed by atoms with E-state index in [-0.39, 0.29) is 51.6 Å². The molecule has 1 saturated heterocycles. The molecule has 0 N–H and O–H groups in total. The molecule has 4 atom stereocenters. The molecule has 0 bridgehead atoms.